The Balaban J connectivity index is 3.60. The quantitative estimate of drug-likeness (QED) is 0.602. The third-order valence-electron chi connectivity index (χ3n) is 3.30. The third-order valence-corrected chi connectivity index (χ3v) is 3.30. The van der Waals surface area contributed by atoms with Gasteiger partial charge in [0.25, 0.3) is 0 Å². The molecule has 0 bridgehead atoms. The van der Waals surface area contributed by atoms with Gasteiger partial charge in [-0.25, -0.2) is 0 Å². The molecule has 1 aromatic carbocycles. The Kier molecular flexibility index (Phi) is 3.33. The Bertz CT molecular complexity index is 392. The molecule has 0 unspecified atom stereocenters. The second-order valence-corrected chi connectivity index (χ2v) is 4.53. The van der Waals surface area contributed by atoms with Crippen molar-refractivity contribution < 1.29 is 0 Å². The van der Waals surface area contributed by atoms with Crippen LogP contribution in [0.25, 0.3) is 0 Å². The summed E-state index contributed by atoms with van der Waals surface area (Å²) in [4.78, 5) is 4.64. The largest absolute Gasteiger partial charge is 0.258 e. The molecule has 0 radical (unpaired) electrons. The molecular weight excluding hydrogens is 182 g/mol. The molecule has 1 rings (SSSR count). The highest BCUT2D eigenvalue weighted by molar-refractivity contribution is 5.83. The van der Waals surface area contributed by atoms with Gasteiger partial charge in [-0.15, -0.1) is 0 Å². The highest BCUT2D eigenvalue weighted by Gasteiger charge is 2.10. The number of benzene rings is 1. The van der Waals surface area contributed by atoms with Gasteiger partial charge in [0.15, 0.2) is 0 Å². The van der Waals surface area contributed by atoms with Crippen molar-refractivity contribution in [2.75, 3.05) is 0 Å². The fourth-order valence-corrected chi connectivity index (χ4v) is 1.87. The van der Waals surface area contributed by atoms with Gasteiger partial charge < -0.3 is 0 Å². The lowest BCUT2D eigenvalue weighted by Crippen LogP contribution is -1.96. The molecule has 0 atom stereocenters. The number of aliphatic imine (C=N–C) groups is 1. The minimum absolute atomic E-state index is 1.11. The zero-order valence-corrected chi connectivity index (χ0v) is 10.9. The molecule has 1 nitrogen and oxygen atoms in total. The SMILES string of the molecule is CC(C)=Nc1c(C)c(C)c(C)c(C)c1C. The van der Waals surface area contributed by atoms with E-state index in [1.807, 2.05) is 13.8 Å². The average Bonchev–Trinajstić information content (AvgIpc) is 2.18. The summed E-state index contributed by atoms with van der Waals surface area (Å²) in [6.45, 7) is 15.0. The smallest absolute Gasteiger partial charge is 0.0692 e. The van der Waals surface area contributed by atoms with E-state index in [4.69, 9.17) is 0 Å². The van der Waals surface area contributed by atoms with E-state index in [2.05, 4.69) is 39.6 Å². The van der Waals surface area contributed by atoms with Crippen molar-refractivity contribution in [1.82, 2.24) is 0 Å². The van der Waals surface area contributed by atoms with Crippen molar-refractivity contribution in [3.05, 3.63) is 27.8 Å². The summed E-state index contributed by atoms with van der Waals surface area (Å²) >= 11 is 0. The number of hydrogen-bond acceptors (Lipinski definition) is 1. The van der Waals surface area contributed by atoms with E-state index < -0.39 is 0 Å². The summed E-state index contributed by atoms with van der Waals surface area (Å²) in [5.41, 5.74) is 9.06. The van der Waals surface area contributed by atoms with Gasteiger partial charge in [-0.1, -0.05) is 0 Å². The first kappa shape index (κ1) is 12.0. The summed E-state index contributed by atoms with van der Waals surface area (Å²) in [6, 6.07) is 0. The monoisotopic (exact) mass is 203 g/mol. The summed E-state index contributed by atoms with van der Waals surface area (Å²) in [7, 11) is 0. The van der Waals surface area contributed by atoms with Gasteiger partial charge in [0.2, 0.25) is 0 Å². The van der Waals surface area contributed by atoms with Crippen LogP contribution in [0.5, 0.6) is 0 Å². The Morgan fingerprint density at radius 2 is 1.00 bits per heavy atom. The lowest BCUT2D eigenvalue weighted by molar-refractivity contribution is 1.16. The molecule has 0 saturated heterocycles. The normalized spacial score (nSPS) is 10.3. The van der Waals surface area contributed by atoms with E-state index >= 15 is 0 Å². The summed E-state index contributed by atoms with van der Waals surface area (Å²) in [5, 5.41) is 0. The summed E-state index contributed by atoms with van der Waals surface area (Å²) in [6.07, 6.45) is 0. The molecule has 0 fully saturated rings. The average molecular weight is 203 g/mol. The van der Waals surface area contributed by atoms with E-state index in [1.54, 1.807) is 0 Å². The van der Waals surface area contributed by atoms with E-state index in [1.165, 1.54) is 27.8 Å². The summed E-state index contributed by atoms with van der Waals surface area (Å²) in [5.74, 6) is 0. The first-order valence-electron chi connectivity index (χ1n) is 5.45. The van der Waals surface area contributed by atoms with Crippen molar-refractivity contribution in [2.24, 2.45) is 4.99 Å². The molecule has 0 N–H and O–H groups in total. The minimum atomic E-state index is 1.11. The maximum absolute atomic E-state index is 4.64. The molecule has 0 saturated carbocycles. The molecule has 0 aliphatic carbocycles. The van der Waals surface area contributed by atoms with Crippen LogP contribution in [0.1, 0.15) is 41.7 Å². The van der Waals surface area contributed by atoms with Crippen LogP contribution in [0, 0.1) is 34.6 Å². The molecule has 15 heavy (non-hydrogen) atoms. The Morgan fingerprint density at radius 3 is 1.33 bits per heavy atom. The van der Waals surface area contributed by atoms with E-state index in [0.717, 1.165) is 11.4 Å². The predicted molar refractivity (Wildman–Crippen MR) is 68.6 cm³/mol. The first-order valence-corrected chi connectivity index (χ1v) is 5.45. The van der Waals surface area contributed by atoms with E-state index in [-0.39, 0.29) is 0 Å². The van der Waals surface area contributed by atoms with Crippen molar-refractivity contribution in [1.29, 1.82) is 0 Å². The standard InChI is InChI=1S/C14H21N/c1-8(2)15-14-12(6)10(4)9(3)11(5)13(14)7/h1-7H3. The van der Waals surface area contributed by atoms with Crippen molar-refractivity contribution >= 4 is 11.4 Å². The molecule has 0 aromatic heterocycles. The van der Waals surface area contributed by atoms with Gasteiger partial charge in [0.1, 0.15) is 0 Å². The van der Waals surface area contributed by atoms with Crippen molar-refractivity contribution in [3.63, 3.8) is 0 Å². The molecule has 0 amide bonds. The predicted octanol–water partition coefficient (Wildman–Crippen LogP) is 4.34. The molecule has 82 valence electrons. The number of rotatable bonds is 1. The molecule has 0 aliphatic rings. The molecule has 1 heteroatoms. The van der Waals surface area contributed by atoms with Gasteiger partial charge in [-0.3, -0.25) is 4.99 Å². The lowest BCUT2D eigenvalue weighted by atomic mass is 9.93. The highest BCUT2D eigenvalue weighted by atomic mass is 14.7. The first-order chi connectivity index (χ1) is 6.86. The van der Waals surface area contributed by atoms with Crippen LogP contribution in [0.4, 0.5) is 5.69 Å². The Morgan fingerprint density at radius 1 is 0.667 bits per heavy atom. The van der Waals surface area contributed by atoms with Gasteiger partial charge in [0, 0.05) is 5.71 Å². The lowest BCUT2D eigenvalue weighted by Gasteiger charge is -2.15. The third kappa shape index (κ3) is 2.11. The van der Waals surface area contributed by atoms with Gasteiger partial charge >= 0.3 is 0 Å². The maximum Gasteiger partial charge on any atom is 0.0692 e. The summed E-state index contributed by atoms with van der Waals surface area (Å²) < 4.78 is 0. The second kappa shape index (κ2) is 4.18. The van der Waals surface area contributed by atoms with Gasteiger partial charge in [-0.2, -0.15) is 0 Å². The van der Waals surface area contributed by atoms with Crippen LogP contribution in [0.3, 0.4) is 0 Å². The van der Waals surface area contributed by atoms with E-state index in [0.29, 0.717) is 0 Å². The van der Waals surface area contributed by atoms with Crippen LogP contribution < -0.4 is 0 Å². The minimum Gasteiger partial charge on any atom is -0.258 e. The molecular formula is C14H21N. The van der Waals surface area contributed by atoms with Crippen LogP contribution in [-0.2, 0) is 0 Å². The van der Waals surface area contributed by atoms with Gasteiger partial charge in [0.05, 0.1) is 5.69 Å². The van der Waals surface area contributed by atoms with Crippen LogP contribution in [0.2, 0.25) is 0 Å². The van der Waals surface area contributed by atoms with Crippen molar-refractivity contribution in [3.8, 4) is 0 Å². The molecule has 0 spiro atoms. The molecule has 0 heterocycles. The highest BCUT2D eigenvalue weighted by Crippen LogP contribution is 2.32. The zero-order valence-electron chi connectivity index (χ0n) is 10.9. The van der Waals surface area contributed by atoms with Crippen LogP contribution >= 0.6 is 0 Å². The number of hydrogen-bond donors (Lipinski definition) is 0. The van der Waals surface area contributed by atoms with Crippen LogP contribution in [-0.4, -0.2) is 5.71 Å². The van der Waals surface area contributed by atoms with Gasteiger partial charge in [-0.05, 0) is 76.3 Å². The Labute approximate surface area is 93.2 Å². The van der Waals surface area contributed by atoms with E-state index in [9.17, 15) is 0 Å². The Hall–Kier alpha value is -1.11. The topological polar surface area (TPSA) is 12.4 Å². The molecule has 1 aromatic rings. The molecule has 0 aliphatic heterocycles. The van der Waals surface area contributed by atoms with Crippen molar-refractivity contribution in [2.45, 2.75) is 48.5 Å². The second-order valence-electron chi connectivity index (χ2n) is 4.53. The fourth-order valence-electron chi connectivity index (χ4n) is 1.87. The fraction of sp³-hybridized carbons (Fsp3) is 0.500. The number of nitrogens with zero attached hydrogens (tertiary/aromatic N) is 1. The maximum atomic E-state index is 4.64. The zero-order chi connectivity index (χ0) is 11.7. The van der Waals surface area contributed by atoms with Crippen LogP contribution in [0.15, 0.2) is 4.99 Å².